The third-order valence-corrected chi connectivity index (χ3v) is 13.9. The molecule has 7 rings (SSSR count). The fourth-order valence-electron chi connectivity index (χ4n) is 5.71. The Hall–Kier alpha value is -3.56. The van der Waals surface area contributed by atoms with Crippen molar-refractivity contribution in [3.05, 3.63) is 55.0 Å². The van der Waals surface area contributed by atoms with Gasteiger partial charge < -0.3 is 14.5 Å². The zero-order valence-corrected chi connectivity index (χ0v) is 25.8. The van der Waals surface area contributed by atoms with E-state index in [1.807, 2.05) is 41.2 Å². The van der Waals surface area contributed by atoms with Gasteiger partial charge >= 0.3 is 0 Å². The molecule has 3 fully saturated rings. The summed E-state index contributed by atoms with van der Waals surface area (Å²) in [6.45, 7) is 12.5. The molecule has 1 N–H and O–H groups in total. The summed E-state index contributed by atoms with van der Waals surface area (Å²) in [7, 11) is -0.262. The second kappa shape index (κ2) is 10.1. The lowest BCUT2D eigenvalue weighted by Gasteiger charge is -2.60. The Bertz CT molecular complexity index is 1590. The van der Waals surface area contributed by atoms with Gasteiger partial charge in [0.25, 0.3) is 0 Å². The molecule has 0 radical (unpaired) electrons. The van der Waals surface area contributed by atoms with Gasteiger partial charge in [0.05, 0.1) is 42.6 Å². The van der Waals surface area contributed by atoms with Crippen LogP contribution >= 0.6 is 0 Å². The lowest BCUT2D eigenvalue weighted by Crippen LogP contribution is -2.58. The molecular weight excluding hydrogens is 530 g/mol. The first-order valence-electron chi connectivity index (χ1n) is 14.4. The molecule has 3 saturated carbocycles. The van der Waals surface area contributed by atoms with Crippen LogP contribution in [0.2, 0.25) is 18.1 Å². The van der Waals surface area contributed by atoms with Crippen LogP contribution in [0.25, 0.3) is 33.4 Å². The maximum atomic E-state index is 13.2. The molecule has 0 spiro atoms. The van der Waals surface area contributed by atoms with Gasteiger partial charge in [-0.05, 0) is 49.4 Å². The molecule has 2 aromatic carbocycles. The van der Waals surface area contributed by atoms with Crippen LogP contribution in [0.15, 0.2) is 55.0 Å². The Morgan fingerprint density at radius 2 is 1.83 bits per heavy atom. The fraction of sp³-hybridized carbons (Fsp3) is 0.438. The summed E-state index contributed by atoms with van der Waals surface area (Å²) in [5.74, 6) is 1.39. The minimum Gasteiger partial charge on any atom is -0.494 e. The Balaban J connectivity index is 1.38. The van der Waals surface area contributed by atoms with Crippen molar-refractivity contribution in [1.82, 2.24) is 19.7 Å². The third kappa shape index (κ3) is 4.95. The molecule has 8 nitrogen and oxygen atoms in total. The summed E-state index contributed by atoms with van der Waals surface area (Å²) in [6, 6.07) is 14.0. The molecule has 2 aromatic heterocycles. The number of nitrogens with zero attached hydrogens (tertiary/aromatic N) is 4. The Morgan fingerprint density at radius 1 is 1.10 bits per heavy atom. The highest BCUT2D eigenvalue weighted by Crippen LogP contribution is 2.64. The van der Waals surface area contributed by atoms with Gasteiger partial charge in [0.15, 0.2) is 8.32 Å². The Kier molecular flexibility index (Phi) is 6.77. The molecule has 4 aromatic rings. The van der Waals surface area contributed by atoms with Crippen molar-refractivity contribution in [2.45, 2.75) is 64.7 Å². The quantitative estimate of drug-likeness (QED) is 0.220. The lowest BCUT2D eigenvalue weighted by atomic mass is 9.44. The van der Waals surface area contributed by atoms with Crippen LogP contribution < -0.4 is 10.1 Å². The smallest absolute Gasteiger partial charge is 0.230 e. The second-order valence-electron chi connectivity index (χ2n) is 13.1. The van der Waals surface area contributed by atoms with Crippen LogP contribution in [0.1, 0.15) is 40.0 Å². The number of aromatic nitrogens is 4. The number of carbonyl (C=O) groups excluding carboxylic acids is 1. The van der Waals surface area contributed by atoms with Crippen molar-refractivity contribution in [2.24, 2.45) is 11.3 Å². The summed E-state index contributed by atoms with van der Waals surface area (Å²) in [5, 5.41) is 9.14. The molecular formula is C32H39N5O3Si. The number of ether oxygens (including phenoxy) is 1. The number of hydrogen-bond donors (Lipinski definition) is 1. The average Bonchev–Trinajstić information content (AvgIpc) is 3.29. The first-order valence-corrected chi connectivity index (χ1v) is 17.3. The summed E-state index contributed by atoms with van der Waals surface area (Å²) in [5.41, 5.74) is 4.68. The number of nitrogens with one attached hydrogen (secondary N) is 1. The molecule has 0 aliphatic heterocycles. The van der Waals surface area contributed by atoms with E-state index in [2.05, 4.69) is 56.3 Å². The van der Waals surface area contributed by atoms with Crippen molar-refractivity contribution in [3.63, 3.8) is 0 Å². The van der Waals surface area contributed by atoms with Crippen molar-refractivity contribution in [1.29, 1.82) is 0 Å². The lowest BCUT2D eigenvalue weighted by molar-refractivity contribution is -0.158. The topological polar surface area (TPSA) is 91.2 Å². The predicted octanol–water partition coefficient (Wildman–Crippen LogP) is 6.93. The van der Waals surface area contributed by atoms with Gasteiger partial charge in [-0.3, -0.25) is 9.48 Å². The van der Waals surface area contributed by atoms with Crippen LogP contribution in [-0.2, 0) is 15.8 Å². The minimum absolute atomic E-state index is 0.0792. The zero-order chi connectivity index (χ0) is 29.0. The number of benzene rings is 2. The molecule has 3 aliphatic carbocycles. The molecule has 41 heavy (non-hydrogen) atoms. The number of rotatable bonds is 9. The number of carbonyl (C=O) groups is 1. The second-order valence-corrected chi connectivity index (χ2v) is 17.9. The first-order chi connectivity index (χ1) is 19.5. The summed E-state index contributed by atoms with van der Waals surface area (Å²) in [6.07, 6.45) is 6.58. The van der Waals surface area contributed by atoms with Gasteiger partial charge in [0, 0.05) is 28.8 Å². The standard InChI is InChI=1S/C32H39N5O3Si/c1-31(2,3)41(5,6)40-13-12-37-19-24(28(36-37)22-10-8-7-9-11-22)29-23-14-26(27(39-4)15-25(23)33-20-34-29)35-30(38)32-16-21(17-32)18-32/h7-11,14-15,19-21H,12-13,16-18H2,1-6H3,(H,35,38). The van der Waals surface area contributed by atoms with Gasteiger partial charge in [-0.25, -0.2) is 9.97 Å². The first kappa shape index (κ1) is 27.6. The maximum absolute atomic E-state index is 13.2. The molecule has 1 amide bonds. The number of fused-ring (bicyclic) bond motifs is 1. The van der Waals surface area contributed by atoms with E-state index in [-0.39, 0.29) is 16.4 Å². The van der Waals surface area contributed by atoms with Gasteiger partial charge in [0.1, 0.15) is 17.8 Å². The van der Waals surface area contributed by atoms with E-state index in [0.29, 0.717) is 24.6 Å². The minimum atomic E-state index is -1.88. The Morgan fingerprint density at radius 3 is 2.46 bits per heavy atom. The van der Waals surface area contributed by atoms with Gasteiger partial charge in [0.2, 0.25) is 5.91 Å². The molecule has 0 unspecified atom stereocenters. The van der Waals surface area contributed by atoms with Crippen LogP contribution in [-0.4, -0.2) is 47.7 Å². The molecule has 0 atom stereocenters. The van der Waals surface area contributed by atoms with Crippen LogP contribution in [0.3, 0.4) is 0 Å². The van der Waals surface area contributed by atoms with E-state index in [4.69, 9.17) is 19.2 Å². The molecule has 2 heterocycles. The average molecular weight is 570 g/mol. The van der Waals surface area contributed by atoms with Crippen molar-refractivity contribution < 1.29 is 14.0 Å². The van der Waals surface area contributed by atoms with Crippen molar-refractivity contribution in [3.8, 4) is 28.3 Å². The van der Waals surface area contributed by atoms with E-state index in [1.54, 1.807) is 13.4 Å². The Labute approximate surface area is 242 Å². The number of anilines is 1. The van der Waals surface area contributed by atoms with Gasteiger partial charge in [-0.1, -0.05) is 51.1 Å². The molecule has 9 heteroatoms. The third-order valence-electron chi connectivity index (χ3n) is 9.38. The SMILES string of the molecule is COc1cc2ncnc(-c3cn(CCO[Si](C)(C)C(C)(C)C)nc3-c3ccccc3)c2cc1NC(=O)C12CC(C1)C2. The normalized spacial score (nSPS) is 19.9. The predicted molar refractivity (Wildman–Crippen MR) is 164 cm³/mol. The van der Waals surface area contributed by atoms with E-state index < -0.39 is 8.32 Å². The maximum Gasteiger partial charge on any atom is 0.230 e. The van der Waals surface area contributed by atoms with E-state index >= 15 is 0 Å². The van der Waals surface area contributed by atoms with E-state index in [1.165, 1.54) is 0 Å². The molecule has 214 valence electrons. The number of methoxy groups -OCH3 is 1. The van der Waals surface area contributed by atoms with Crippen LogP contribution in [0.4, 0.5) is 5.69 Å². The van der Waals surface area contributed by atoms with Crippen LogP contribution in [0, 0.1) is 11.3 Å². The highest BCUT2D eigenvalue weighted by Gasteiger charge is 2.61. The van der Waals surface area contributed by atoms with Crippen LogP contribution in [0.5, 0.6) is 5.75 Å². The van der Waals surface area contributed by atoms with E-state index in [9.17, 15) is 4.79 Å². The molecule has 0 saturated heterocycles. The monoisotopic (exact) mass is 569 g/mol. The van der Waals surface area contributed by atoms with Crippen molar-refractivity contribution in [2.75, 3.05) is 19.0 Å². The highest BCUT2D eigenvalue weighted by molar-refractivity contribution is 6.74. The van der Waals surface area contributed by atoms with Crippen molar-refractivity contribution >= 4 is 30.8 Å². The zero-order valence-electron chi connectivity index (χ0n) is 24.8. The number of hydrogen-bond acceptors (Lipinski definition) is 6. The highest BCUT2D eigenvalue weighted by atomic mass is 28.4. The van der Waals surface area contributed by atoms with Gasteiger partial charge in [-0.2, -0.15) is 5.10 Å². The fourth-order valence-corrected chi connectivity index (χ4v) is 6.74. The number of amides is 1. The largest absolute Gasteiger partial charge is 0.494 e. The van der Waals surface area contributed by atoms with Gasteiger partial charge in [-0.15, -0.1) is 0 Å². The summed E-state index contributed by atoms with van der Waals surface area (Å²) >= 11 is 0. The molecule has 3 aliphatic rings. The van der Waals surface area contributed by atoms with E-state index in [0.717, 1.165) is 58.6 Å². The summed E-state index contributed by atoms with van der Waals surface area (Å²) < 4.78 is 14.1. The molecule has 2 bridgehead atoms. The summed E-state index contributed by atoms with van der Waals surface area (Å²) in [4.78, 5) is 22.5.